The molecule has 27 heavy (non-hydrogen) atoms. The summed E-state index contributed by atoms with van der Waals surface area (Å²) in [6, 6.07) is 29.6. The number of benzene rings is 3. The fourth-order valence-corrected chi connectivity index (χ4v) is 3.43. The van der Waals surface area contributed by atoms with E-state index in [0.717, 1.165) is 16.7 Å². The molecule has 4 nitrogen and oxygen atoms in total. The quantitative estimate of drug-likeness (QED) is 0.502. The van der Waals surface area contributed by atoms with Gasteiger partial charge in [-0.1, -0.05) is 91.0 Å². The first-order chi connectivity index (χ1) is 13.2. The van der Waals surface area contributed by atoms with Crippen LogP contribution in [0.2, 0.25) is 0 Å². The van der Waals surface area contributed by atoms with Crippen molar-refractivity contribution in [1.29, 1.82) is 0 Å². The zero-order chi connectivity index (χ0) is 19.1. The largest absolute Gasteiger partial charge is 0.468 e. The van der Waals surface area contributed by atoms with E-state index in [-0.39, 0.29) is 12.5 Å². The van der Waals surface area contributed by atoms with Gasteiger partial charge in [-0.25, -0.2) is 0 Å². The van der Waals surface area contributed by atoms with Crippen molar-refractivity contribution in [2.75, 3.05) is 13.7 Å². The molecule has 0 amide bonds. The van der Waals surface area contributed by atoms with Gasteiger partial charge in [-0.05, 0) is 16.7 Å². The van der Waals surface area contributed by atoms with Crippen LogP contribution in [0.4, 0.5) is 0 Å². The lowest BCUT2D eigenvalue weighted by atomic mass is 9.76. The van der Waals surface area contributed by atoms with Gasteiger partial charge < -0.3 is 10.5 Å². The third-order valence-corrected chi connectivity index (χ3v) is 4.73. The monoisotopic (exact) mass is 360 g/mol. The minimum atomic E-state index is -0.748. The lowest BCUT2D eigenvalue weighted by Crippen LogP contribution is -2.55. The SMILES string of the molecule is COC(=O)[C@H](CN)NC(c1ccccc1)(c1ccccc1)c1ccccc1. The molecule has 0 saturated carbocycles. The number of nitrogens with two attached hydrogens (primary N) is 1. The summed E-state index contributed by atoms with van der Waals surface area (Å²) in [4.78, 5) is 12.3. The Balaban J connectivity index is 2.27. The van der Waals surface area contributed by atoms with Crippen molar-refractivity contribution in [2.24, 2.45) is 5.73 Å². The summed E-state index contributed by atoms with van der Waals surface area (Å²) in [5, 5.41) is 3.52. The van der Waals surface area contributed by atoms with E-state index in [1.54, 1.807) is 0 Å². The number of hydrogen-bond donors (Lipinski definition) is 2. The molecule has 0 spiro atoms. The lowest BCUT2D eigenvalue weighted by Gasteiger charge is -2.39. The molecule has 1 atom stereocenters. The Hall–Kier alpha value is -2.95. The van der Waals surface area contributed by atoms with Crippen LogP contribution in [0.1, 0.15) is 16.7 Å². The number of carbonyl (C=O) groups excluding carboxylic acids is 1. The molecule has 3 N–H and O–H groups in total. The molecule has 0 aliphatic carbocycles. The molecule has 0 saturated heterocycles. The highest BCUT2D eigenvalue weighted by molar-refractivity contribution is 5.76. The lowest BCUT2D eigenvalue weighted by molar-refractivity contribution is -0.143. The number of carbonyl (C=O) groups is 1. The van der Waals surface area contributed by atoms with E-state index in [1.165, 1.54) is 7.11 Å². The molecule has 3 rings (SSSR count). The maximum Gasteiger partial charge on any atom is 0.324 e. The molecule has 0 aromatic heterocycles. The second kappa shape index (κ2) is 8.62. The van der Waals surface area contributed by atoms with E-state index < -0.39 is 11.6 Å². The smallest absolute Gasteiger partial charge is 0.324 e. The molecular formula is C23H24N2O2. The van der Waals surface area contributed by atoms with Crippen molar-refractivity contribution >= 4 is 5.97 Å². The number of rotatable bonds is 7. The molecular weight excluding hydrogens is 336 g/mol. The number of ether oxygens (including phenoxy) is 1. The van der Waals surface area contributed by atoms with Crippen LogP contribution in [0.5, 0.6) is 0 Å². The first kappa shape index (κ1) is 18.8. The maximum absolute atomic E-state index is 12.3. The summed E-state index contributed by atoms with van der Waals surface area (Å²) in [5.74, 6) is -0.385. The molecule has 0 aliphatic heterocycles. The second-order valence-corrected chi connectivity index (χ2v) is 6.30. The molecule has 0 unspecified atom stereocenters. The van der Waals surface area contributed by atoms with E-state index >= 15 is 0 Å². The third kappa shape index (κ3) is 3.77. The van der Waals surface area contributed by atoms with Gasteiger partial charge in [0.15, 0.2) is 0 Å². The van der Waals surface area contributed by atoms with Gasteiger partial charge >= 0.3 is 5.97 Å². The van der Waals surface area contributed by atoms with E-state index in [2.05, 4.69) is 41.7 Å². The Kier molecular flexibility index (Phi) is 6.01. The Morgan fingerprint density at radius 2 is 1.22 bits per heavy atom. The normalized spacial score (nSPS) is 12.4. The van der Waals surface area contributed by atoms with Crippen molar-refractivity contribution < 1.29 is 9.53 Å². The Morgan fingerprint density at radius 1 is 0.852 bits per heavy atom. The summed E-state index contributed by atoms with van der Waals surface area (Å²) >= 11 is 0. The van der Waals surface area contributed by atoms with Crippen LogP contribution in [0.3, 0.4) is 0 Å². The molecule has 0 bridgehead atoms. The van der Waals surface area contributed by atoms with Crippen molar-refractivity contribution in [1.82, 2.24) is 5.32 Å². The molecule has 3 aromatic rings. The second-order valence-electron chi connectivity index (χ2n) is 6.30. The zero-order valence-electron chi connectivity index (χ0n) is 15.3. The van der Waals surface area contributed by atoms with Crippen LogP contribution in [0, 0.1) is 0 Å². The number of esters is 1. The molecule has 0 aliphatic rings. The van der Waals surface area contributed by atoms with Gasteiger partial charge in [0.25, 0.3) is 0 Å². The molecule has 0 radical (unpaired) electrons. The summed E-state index contributed by atoms with van der Waals surface area (Å²) in [5.41, 5.74) is 8.23. The molecule has 4 heteroatoms. The Labute approximate surface area is 160 Å². The highest BCUT2D eigenvalue weighted by atomic mass is 16.5. The summed E-state index contributed by atoms with van der Waals surface area (Å²) in [7, 11) is 1.38. The maximum atomic E-state index is 12.3. The first-order valence-corrected chi connectivity index (χ1v) is 8.94. The van der Waals surface area contributed by atoms with Crippen LogP contribution in [-0.4, -0.2) is 25.7 Å². The standard InChI is InChI=1S/C23H24N2O2/c1-27-22(26)21(17-24)25-23(18-11-5-2-6-12-18,19-13-7-3-8-14-19)20-15-9-4-10-16-20/h2-16,21,25H,17,24H2,1H3/t21-/m0/s1. The fourth-order valence-electron chi connectivity index (χ4n) is 3.43. The highest BCUT2D eigenvalue weighted by Gasteiger charge is 2.39. The average Bonchev–Trinajstić information content (AvgIpc) is 2.76. The molecule has 138 valence electrons. The fraction of sp³-hybridized carbons (Fsp3) is 0.174. The topological polar surface area (TPSA) is 64.3 Å². The highest BCUT2D eigenvalue weighted by Crippen LogP contribution is 2.37. The van der Waals surface area contributed by atoms with Gasteiger partial charge in [-0.2, -0.15) is 0 Å². The Bertz CT molecular complexity index is 755. The van der Waals surface area contributed by atoms with Crippen LogP contribution in [0.15, 0.2) is 91.0 Å². The van der Waals surface area contributed by atoms with Crippen molar-refractivity contribution in [3.05, 3.63) is 108 Å². The number of hydrogen-bond acceptors (Lipinski definition) is 4. The van der Waals surface area contributed by atoms with Crippen LogP contribution in [0.25, 0.3) is 0 Å². The van der Waals surface area contributed by atoms with Crippen molar-refractivity contribution in [3.63, 3.8) is 0 Å². The zero-order valence-corrected chi connectivity index (χ0v) is 15.3. The third-order valence-electron chi connectivity index (χ3n) is 4.73. The average molecular weight is 360 g/mol. The number of nitrogens with one attached hydrogen (secondary N) is 1. The summed E-state index contributed by atoms with van der Waals surface area (Å²) < 4.78 is 4.98. The first-order valence-electron chi connectivity index (χ1n) is 8.94. The van der Waals surface area contributed by atoms with Gasteiger partial charge in [0.05, 0.1) is 12.6 Å². The van der Waals surface area contributed by atoms with Crippen LogP contribution >= 0.6 is 0 Å². The summed E-state index contributed by atoms with van der Waals surface area (Å²) in [6.45, 7) is 0.126. The predicted molar refractivity (Wildman–Crippen MR) is 107 cm³/mol. The van der Waals surface area contributed by atoms with Crippen molar-refractivity contribution in [2.45, 2.75) is 11.6 Å². The molecule has 0 fully saturated rings. The van der Waals surface area contributed by atoms with E-state index in [4.69, 9.17) is 10.5 Å². The van der Waals surface area contributed by atoms with Crippen LogP contribution in [-0.2, 0) is 15.1 Å². The van der Waals surface area contributed by atoms with E-state index in [0.29, 0.717) is 0 Å². The summed E-state index contributed by atoms with van der Waals surface area (Å²) in [6.07, 6.45) is 0. The minimum Gasteiger partial charge on any atom is -0.468 e. The van der Waals surface area contributed by atoms with Gasteiger partial charge in [-0.3, -0.25) is 10.1 Å². The van der Waals surface area contributed by atoms with E-state index in [1.807, 2.05) is 54.6 Å². The molecule has 3 aromatic carbocycles. The molecule has 0 heterocycles. The van der Waals surface area contributed by atoms with Gasteiger partial charge in [-0.15, -0.1) is 0 Å². The van der Waals surface area contributed by atoms with Crippen LogP contribution < -0.4 is 11.1 Å². The van der Waals surface area contributed by atoms with Gasteiger partial charge in [0.1, 0.15) is 6.04 Å². The van der Waals surface area contributed by atoms with Gasteiger partial charge in [0, 0.05) is 6.54 Å². The Morgan fingerprint density at radius 3 is 1.52 bits per heavy atom. The predicted octanol–water partition coefficient (Wildman–Crippen LogP) is 3.07. The van der Waals surface area contributed by atoms with E-state index in [9.17, 15) is 4.79 Å². The minimum absolute atomic E-state index is 0.126. The number of methoxy groups -OCH3 is 1. The van der Waals surface area contributed by atoms with Gasteiger partial charge in [0.2, 0.25) is 0 Å². The van der Waals surface area contributed by atoms with Crippen molar-refractivity contribution in [3.8, 4) is 0 Å².